The number of carbonyl (C=O) groups excluding carboxylic acids is 6. The normalized spacial score (nSPS) is 18.4. The van der Waals surface area contributed by atoms with Crippen LogP contribution >= 0.6 is 0 Å². The van der Waals surface area contributed by atoms with Crippen LogP contribution in [0.3, 0.4) is 0 Å². The molecule has 4 amide bonds. The van der Waals surface area contributed by atoms with Gasteiger partial charge in [0.15, 0.2) is 12.1 Å². The van der Waals surface area contributed by atoms with Gasteiger partial charge in [-0.1, -0.05) is 83.6 Å². The van der Waals surface area contributed by atoms with Gasteiger partial charge in [-0.25, -0.2) is 9.59 Å². The number of aryl methyl sites for hydroxylation is 4. The molecule has 544 valence electrons. The maximum atomic E-state index is 16.3. The number of imide groups is 2. The molecule has 24 heteroatoms. The monoisotopic (exact) mass is 1450 g/mol. The third kappa shape index (κ3) is 14.0. The fourth-order valence-corrected chi connectivity index (χ4v) is 19.6. The van der Waals surface area contributed by atoms with Gasteiger partial charge in [0.1, 0.15) is 58.2 Å². The third-order valence-corrected chi connectivity index (χ3v) is 26.6. The van der Waals surface area contributed by atoms with Crippen LogP contribution < -0.4 is 18.9 Å². The van der Waals surface area contributed by atoms with Crippen molar-refractivity contribution in [1.29, 1.82) is 0 Å². The minimum absolute atomic E-state index is 0.00387. The molecule has 0 spiro atoms. The van der Waals surface area contributed by atoms with E-state index in [1.807, 2.05) is 76.2 Å². The second kappa shape index (κ2) is 30.5. The Bertz CT molecular complexity index is 4220. The van der Waals surface area contributed by atoms with Crippen molar-refractivity contribution in [1.82, 2.24) is 9.80 Å². The number of benzene rings is 9. The van der Waals surface area contributed by atoms with Gasteiger partial charge in [-0.2, -0.15) is 0 Å². The van der Waals surface area contributed by atoms with Crippen molar-refractivity contribution in [2.75, 3.05) is 70.1 Å². The van der Waals surface area contributed by atoms with Gasteiger partial charge < -0.3 is 64.5 Å². The number of methoxy groups -OCH3 is 2. The minimum atomic E-state index is -3.04. The van der Waals surface area contributed by atoms with Gasteiger partial charge in [0.2, 0.25) is 0 Å². The highest BCUT2D eigenvalue weighted by Crippen LogP contribution is 2.58. The first-order valence-electron chi connectivity index (χ1n) is 35.0. The Balaban J connectivity index is 1.07. The Morgan fingerprint density at radius 1 is 0.375 bits per heavy atom. The van der Waals surface area contributed by atoms with Crippen LogP contribution in [0.15, 0.2) is 121 Å². The smallest absolute Gasteiger partial charge is 0.461 e. The van der Waals surface area contributed by atoms with Crippen LogP contribution in [-0.2, 0) is 55.1 Å². The number of carbonyl (C=O) groups is 6. The zero-order chi connectivity index (χ0) is 73.5. The molecule has 2 fully saturated rings. The van der Waals surface area contributed by atoms with E-state index in [-0.39, 0.29) is 100 Å². The fraction of sp³-hybridized carbons (Fsp3) is 0.375. The summed E-state index contributed by atoms with van der Waals surface area (Å²) in [5.74, 6) is -3.57. The predicted octanol–water partition coefficient (Wildman–Crippen LogP) is 15.3. The molecular weight excluding hydrogens is 1370 g/mol. The van der Waals surface area contributed by atoms with Gasteiger partial charge in [-0.3, -0.25) is 29.0 Å². The summed E-state index contributed by atoms with van der Waals surface area (Å²) >= 11 is 0. The van der Waals surface area contributed by atoms with Crippen LogP contribution in [0.5, 0.6) is 46.0 Å². The average molecular weight is 1450 g/mol. The quantitative estimate of drug-likeness (QED) is 0.0146. The van der Waals surface area contributed by atoms with E-state index < -0.39 is 90.7 Å². The van der Waals surface area contributed by atoms with Crippen LogP contribution in [0.1, 0.15) is 115 Å². The van der Waals surface area contributed by atoms with E-state index >= 15 is 28.8 Å². The van der Waals surface area contributed by atoms with Crippen molar-refractivity contribution in [3.63, 3.8) is 0 Å². The van der Waals surface area contributed by atoms with E-state index in [1.54, 1.807) is 115 Å². The van der Waals surface area contributed by atoms with E-state index in [0.29, 0.717) is 73.6 Å². The molecule has 2 saturated carbocycles. The molecule has 0 saturated heterocycles. The zero-order valence-corrected chi connectivity index (χ0v) is 62.6. The summed E-state index contributed by atoms with van der Waals surface area (Å²) in [5, 5.41) is 1.88. The number of hydrogen-bond donors (Lipinski definition) is 0. The number of rotatable bonds is 28. The van der Waals surface area contributed by atoms with Crippen molar-refractivity contribution < 1.29 is 93.2 Å². The zero-order valence-electron chi connectivity index (χ0n) is 60.6. The lowest BCUT2D eigenvalue weighted by molar-refractivity contribution is -0.158. The van der Waals surface area contributed by atoms with Crippen LogP contribution in [0, 0.1) is 39.5 Å². The predicted molar refractivity (Wildman–Crippen MR) is 392 cm³/mol. The van der Waals surface area contributed by atoms with Gasteiger partial charge in [0.05, 0.1) is 35.5 Å². The Hall–Kier alpha value is -9.19. The molecule has 9 aromatic rings. The lowest BCUT2D eigenvalue weighted by Gasteiger charge is -2.37. The molecule has 9 aromatic carbocycles. The molecule has 2 heterocycles. The molecule has 13 rings (SSSR count). The van der Waals surface area contributed by atoms with Crippen molar-refractivity contribution in [3.8, 4) is 46.0 Å². The fourth-order valence-electron chi connectivity index (χ4n) is 15.4. The molecule has 0 aromatic heterocycles. The van der Waals surface area contributed by atoms with Gasteiger partial charge in [-0.05, 0) is 151 Å². The maximum absolute atomic E-state index is 16.3. The number of hydrogen-bond acceptors (Lipinski definition) is 20. The molecule has 0 radical (unpaired) electrons. The van der Waals surface area contributed by atoms with Crippen LogP contribution in [0.2, 0.25) is 12.1 Å². The van der Waals surface area contributed by atoms with Crippen molar-refractivity contribution in [2.45, 2.75) is 115 Å². The molecule has 4 aliphatic rings. The van der Waals surface area contributed by atoms with E-state index in [9.17, 15) is 0 Å². The summed E-state index contributed by atoms with van der Waals surface area (Å²) in [7, 11) is 6.00. The lowest BCUT2D eigenvalue weighted by atomic mass is 9.80. The largest absolute Gasteiger partial charge is 0.500 e. The SMILES string of the molecule is COCC(C(=O)OC1CCCC(C[Si](OC)(OC)OC)C1)N1C(=O)c2cc(Oc3ccc(C)cc3)c3c4c(Oc5ccc(C)cc5)cc5c6c(cc(Oc7ccc(C)cc7)c(c7c(Oc8ccc(C)cc8)cc(c2c37)C1=O)c64)C(=O)N(C(COC)C(=O)OC1CCCC(C[Si](OC)(OC)OC)C1)C5=O. The first kappa shape index (κ1) is 73.1. The number of nitrogens with zero attached hydrogens (tertiary/aromatic N) is 2. The third-order valence-electron chi connectivity index (χ3n) is 20.8. The standard InChI is InChI=1S/C80H86N2O20Si2/c1-45-19-27-51(28-20-45)97-63-37-57-67-58(76(84)81(75(57)83)61(41-89-5)79(87)101-55-17-13-15-49(35-55)43-103(91-7,92-8)93-9)39-65(99-53-31-23-47(3)24-32-53)71-72-66(100-54-33-25-48(4)26-34-54)40-60-68-59(38-64(70(74(68)72)69(63)73(67)71)98-52-29-21-46(2)22-30-52)77(85)82(78(60)86)62(42-90-6)80(88)102-56-18-14-16-50(36-56)44-104(94-10,95-11)96-12/h19-34,37-40,49-50,55-56,61-62H,13-18,35-36,41-44H2,1-12H3. The Kier molecular flexibility index (Phi) is 21.4. The maximum Gasteiger partial charge on any atom is 0.500 e. The molecular formula is C80H86N2O20Si2. The minimum Gasteiger partial charge on any atom is -0.461 e. The van der Waals surface area contributed by atoms with Crippen molar-refractivity contribution in [3.05, 3.63) is 166 Å². The number of esters is 2. The molecule has 6 unspecified atom stereocenters. The first-order chi connectivity index (χ1) is 50.2. The first-order valence-corrected chi connectivity index (χ1v) is 38.9. The second-order valence-electron chi connectivity index (χ2n) is 27.4. The summed E-state index contributed by atoms with van der Waals surface area (Å²) in [4.78, 5) is 97.1. The Morgan fingerprint density at radius 2 is 0.635 bits per heavy atom. The van der Waals surface area contributed by atoms with Crippen LogP contribution in [0.4, 0.5) is 0 Å². The average Bonchev–Trinajstić information content (AvgIpc) is 0.671. The molecule has 2 aliphatic heterocycles. The summed E-state index contributed by atoms with van der Waals surface area (Å²) in [6, 6.07) is 33.1. The highest BCUT2D eigenvalue weighted by atomic mass is 28.4. The molecule has 6 atom stereocenters. The van der Waals surface area contributed by atoms with Crippen molar-refractivity contribution >= 4 is 96.3 Å². The summed E-state index contributed by atoms with van der Waals surface area (Å²) in [6.45, 7) is 6.87. The van der Waals surface area contributed by atoms with E-state index in [2.05, 4.69) is 0 Å². The highest BCUT2D eigenvalue weighted by molar-refractivity contribution is 6.61. The van der Waals surface area contributed by atoms with Crippen LogP contribution in [-0.4, -0.2) is 157 Å². The Labute approximate surface area is 605 Å². The number of fused-ring (bicyclic) bond motifs is 2. The lowest BCUT2D eigenvalue weighted by Crippen LogP contribution is -2.53. The van der Waals surface area contributed by atoms with Gasteiger partial charge in [-0.15, -0.1) is 0 Å². The molecule has 0 bridgehead atoms. The second-order valence-corrected chi connectivity index (χ2v) is 33.4. The van der Waals surface area contributed by atoms with Gasteiger partial charge >= 0.3 is 29.5 Å². The molecule has 104 heavy (non-hydrogen) atoms. The van der Waals surface area contributed by atoms with Gasteiger partial charge in [0, 0.05) is 112 Å². The molecule has 0 N–H and O–H groups in total. The van der Waals surface area contributed by atoms with Crippen molar-refractivity contribution in [2.24, 2.45) is 11.8 Å². The summed E-state index contributed by atoms with van der Waals surface area (Å²) in [6.07, 6.45) is 3.78. The Morgan fingerprint density at radius 3 is 0.875 bits per heavy atom. The summed E-state index contributed by atoms with van der Waals surface area (Å²) < 4.78 is 87.7. The number of amides is 4. The highest BCUT2D eigenvalue weighted by Gasteiger charge is 2.50. The molecule has 22 nitrogen and oxygen atoms in total. The summed E-state index contributed by atoms with van der Waals surface area (Å²) in [5.41, 5.74) is 3.53. The van der Waals surface area contributed by atoms with E-state index in [1.165, 1.54) is 14.2 Å². The van der Waals surface area contributed by atoms with E-state index in [4.69, 9.17) is 64.5 Å². The molecule has 2 aliphatic carbocycles. The van der Waals surface area contributed by atoms with Gasteiger partial charge in [0.25, 0.3) is 23.6 Å². The topological polar surface area (TPSA) is 238 Å². The van der Waals surface area contributed by atoms with E-state index in [0.717, 1.165) is 44.9 Å². The van der Waals surface area contributed by atoms with Crippen LogP contribution in [0.25, 0.3) is 43.1 Å². The number of ether oxygens (including phenoxy) is 8.